The second kappa shape index (κ2) is 12.9. The number of rotatable bonds is 6. The lowest BCUT2D eigenvalue weighted by molar-refractivity contribution is -0.140. The van der Waals surface area contributed by atoms with Gasteiger partial charge in [-0.25, -0.2) is 9.97 Å². The van der Waals surface area contributed by atoms with Crippen LogP contribution in [0, 0.1) is 18.3 Å². The fourth-order valence-electron chi connectivity index (χ4n) is 7.74. The molecule has 11 heteroatoms. The Bertz CT molecular complexity index is 1670. The van der Waals surface area contributed by atoms with Crippen molar-refractivity contribution in [3.63, 3.8) is 0 Å². The largest absolute Gasteiger partial charge is 0.355 e. The van der Waals surface area contributed by atoms with Crippen molar-refractivity contribution in [2.45, 2.75) is 104 Å². The van der Waals surface area contributed by atoms with Crippen LogP contribution in [0.1, 0.15) is 94.0 Å². The number of Topliss-reactive ketones (excluding diaryl/α,β-unsaturated/α-hetero) is 1. The van der Waals surface area contributed by atoms with E-state index in [0.717, 1.165) is 67.2 Å². The summed E-state index contributed by atoms with van der Waals surface area (Å²) in [5, 5.41) is 11.6. The topological polar surface area (TPSA) is 139 Å². The van der Waals surface area contributed by atoms with E-state index in [1.165, 1.54) is 6.92 Å². The van der Waals surface area contributed by atoms with Gasteiger partial charge in [0.1, 0.15) is 24.1 Å². The maximum Gasteiger partial charge on any atom is 0.245 e. The van der Waals surface area contributed by atoms with Gasteiger partial charge in [0.15, 0.2) is 5.78 Å². The molecule has 4 atom stereocenters. The molecule has 0 radical (unpaired) electrons. The second-order valence-corrected chi connectivity index (χ2v) is 13.4. The SMILES string of the molecule is CCCCNC(=O)[C@@H]1C[C@]23CNC(=O)CCCCCCc4cc(-c5cnc(C)nc5)cc5c(C(C)=O)nn(c45)CC(=O)N1[C@@H]2[C@@H]3C. The molecule has 2 N–H and O–H groups in total. The van der Waals surface area contributed by atoms with Gasteiger partial charge in [-0.1, -0.05) is 33.1 Å². The number of nitrogens with zero attached hydrogens (tertiary/aromatic N) is 5. The van der Waals surface area contributed by atoms with E-state index in [-0.39, 0.29) is 47.4 Å². The van der Waals surface area contributed by atoms with Gasteiger partial charge >= 0.3 is 0 Å². The van der Waals surface area contributed by atoms with Gasteiger partial charge in [0, 0.05) is 61.2 Å². The number of hydrogen-bond donors (Lipinski definition) is 2. The fraction of sp³-hybridized carbons (Fsp3) is 0.571. The zero-order valence-corrected chi connectivity index (χ0v) is 27.4. The number of aromatic nitrogens is 4. The third kappa shape index (κ3) is 5.91. The molecule has 0 spiro atoms. The van der Waals surface area contributed by atoms with Crippen LogP contribution in [0.3, 0.4) is 0 Å². The highest BCUT2D eigenvalue weighted by Gasteiger charge is 2.72. The molecular formula is C35H45N7O4. The van der Waals surface area contributed by atoms with Gasteiger partial charge in [-0.2, -0.15) is 5.10 Å². The number of carbonyl (C=O) groups excluding carboxylic acids is 4. The summed E-state index contributed by atoms with van der Waals surface area (Å²) in [5.74, 6) is 0.308. The van der Waals surface area contributed by atoms with Gasteiger partial charge in [-0.3, -0.25) is 23.9 Å². The molecule has 2 aromatic heterocycles. The van der Waals surface area contributed by atoms with E-state index in [4.69, 9.17) is 5.10 Å². The third-order valence-electron chi connectivity index (χ3n) is 10.4. The molecule has 6 rings (SSSR count). The molecule has 244 valence electrons. The Balaban J connectivity index is 1.42. The van der Waals surface area contributed by atoms with Crippen molar-refractivity contribution in [3.8, 4) is 11.1 Å². The first-order valence-electron chi connectivity index (χ1n) is 16.8. The van der Waals surface area contributed by atoms with Crippen molar-refractivity contribution in [2.24, 2.45) is 11.3 Å². The normalized spacial score (nSPS) is 25.1. The number of aryl methyl sites for hydroxylation is 2. The van der Waals surface area contributed by atoms with Gasteiger partial charge in [0.05, 0.1) is 5.52 Å². The molecule has 1 saturated heterocycles. The quantitative estimate of drug-likeness (QED) is 0.309. The van der Waals surface area contributed by atoms with Crippen LogP contribution in [-0.2, 0) is 27.3 Å². The Hall–Kier alpha value is -4.15. The van der Waals surface area contributed by atoms with E-state index in [2.05, 4.69) is 40.5 Å². The van der Waals surface area contributed by atoms with Crippen molar-refractivity contribution in [2.75, 3.05) is 13.1 Å². The lowest BCUT2D eigenvalue weighted by atomic mass is 9.95. The Labute approximate surface area is 269 Å². The number of benzene rings is 1. The van der Waals surface area contributed by atoms with Gasteiger partial charge in [0.2, 0.25) is 17.7 Å². The number of nitrogens with one attached hydrogen (secondary N) is 2. The van der Waals surface area contributed by atoms with E-state index >= 15 is 0 Å². The molecule has 1 aliphatic carbocycles. The average molecular weight is 628 g/mol. The molecule has 11 nitrogen and oxygen atoms in total. The van der Waals surface area contributed by atoms with Crippen molar-refractivity contribution in [1.82, 2.24) is 35.3 Å². The van der Waals surface area contributed by atoms with Gasteiger partial charge in [-0.15, -0.1) is 0 Å². The van der Waals surface area contributed by atoms with Crippen LogP contribution in [0.5, 0.6) is 0 Å². The fourth-order valence-corrected chi connectivity index (χ4v) is 7.74. The number of amides is 3. The Kier molecular flexibility index (Phi) is 8.94. The number of piperidine rings is 1. The van der Waals surface area contributed by atoms with Gasteiger partial charge < -0.3 is 15.5 Å². The minimum atomic E-state index is -0.622. The Morgan fingerprint density at radius 1 is 1.07 bits per heavy atom. The number of unbranched alkanes of at least 4 members (excludes halogenated alkanes) is 1. The van der Waals surface area contributed by atoms with Crippen molar-refractivity contribution in [1.29, 1.82) is 0 Å². The van der Waals surface area contributed by atoms with E-state index < -0.39 is 6.04 Å². The van der Waals surface area contributed by atoms with Crippen LogP contribution in [0.15, 0.2) is 24.5 Å². The minimum absolute atomic E-state index is 0.0249. The summed E-state index contributed by atoms with van der Waals surface area (Å²) in [6, 6.07) is 3.27. The van der Waals surface area contributed by atoms with E-state index in [1.54, 1.807) is 22.0 Å². The van der Waals surface area contributed by atoms with Gasteiger partial charge in [0.25, 0.3) is 0 Å². The highest BCUT2D eigenvalue weighted by Crippen LogP contribution is 2.64. The summed E-state index contributed by atoms with van der Waals surface area (Å²) < 4.78 is 1.68. The molecule has 1 saturated carbocycles. The molecule has 1 aromatic carbocycles. The molecule has 3 aromatic rings. The monoisotopic (exact) mass is 627 g/mol. The maximum atomic E-state index is 14.4. The maximum absolute atomic E-state index is 14.4. The molecule has 3 aliphatic rings. The first-order chi connectivity index (χ1) is 22.1. The molecule has 3 amide bonds. The first-order valence-corrected chi connectivity index (χ1v) is 16.8. The van der Waals surface area contributed by atoms with Crippen LogP contribution in [0.25, 0.3) is 22.0 Å². The zero-order chi connectivity index (χ0) is 32.6. The average Bonchev–Trinajstić information content (AvgIpc) is 3.30. The third-order valence-corrected chi connectivity index (χ3v) is 10.4. The molecule has 46 heavy (non-hydrogen) atoms. The first kappa shape index (κ1) is 31.8. The van der Waals surface area contributed by atoms with Crippen molar-refractivity contribution >= 4 is 34.4 Å². The summed E-state index contributed by atoms with van der Waals surface area (Å²) in [6.07, 6.45) is 10.6. The summed E-state index contributed by atoms with van der Waals surface area (Å²) in [4.78, 5) is 64.2. The van der Waals surface area contributed by atoms with E-state index in [9.17, 15) is 19.2 Å². The number of hydrogen-bond acceptors (Lipinski definition) is 7. The summed E-state index contributed by atoms with van der Waals surface area (Å²) >= 11 is 0. The Morgan fingerprint density at radius 2 is 1.80 bits per heavy atom. The zero-order valence-electron chi connectivity index (χ0n) is 27.4. The Morgan fingerprint density at radius 3 is 2.52 bits per heavy atom. The minimum Gasteiger partial charge on any atom is -0.355 e. The lowest BCUT2D eigenvalue weighted by Crippen LogP contribution is -2.49. The van der Waals surface area contributed by atoms with Crippen LogP contribution in [0.2, 0.25) is 0 Å². The molecule has 4 heterocycles. The standard InChI is InChI=1S/C35H45N7O4/c1-5-6-13-36-34(46)28-16-35-20-39-29(44)12-10-8-7-9-11-24-14-25(26-17-37-23(4)38-18-26)15-27-31(22(3)43)40-41(32(24)27)19-30(45)42(28)33(35)21(35)2/h14-15,17-18,21,28,33H,5-13,16,19-20H2,1-4H3,(H,36,46)(H,39,44)/t21-,28-,33+,35+/m0/s1. The van der Waals surface area contributed by atoms with Crippen molar-refractivity contribution in [3.05, 3.63) is 41.6 Å². The van der Waals surface area contributed by atoms with Crippen molar-refractivity contribution < 1.29 is 19.2 Å². The lowest BCUT2D eigenvalue weighted by Gasteiger charge is -2.28. The molecule has 2 bridgehead atoms. The highest BCUT2D eigenvalue weighted by atomic mass is 16.2. The number of carbonyl (C=O) groups is 4. The predicted octanol–water partition coefficient (Wildman–Crippen LogP) is 4.15. The summed E-state index contributed by atoms with van der Waals surface area (Å²) in [5.41, 5.74) is 3.48. The molecule has 0 unspecified atom stereocenters. The predicted molar refractivity (Wildman–Crippen MR) is 174 cm³/mol. The summed E-state index contributed by atoms with van der Waals surface area (Å²) in [6.45, 7) is 8.43. The molecule has 2 fully saturated rings. The van der Waals surface area contributed by atoms with Crippen LogP contribution < -0.4 is 10.6 Å². The van der Waals surface area contributed by atoms with Gasteiger partial charge in [-0.05, 0) is 68.2 Å². The van der Waals surface area contributed by atoms with Crippen LogP contribution >= 0.6 is 0 Å². The van der Waals surface area contributed by atoms with E-state index in [1.807, 2.05) is 13.0 Å². The molecular weight excluding hydrogens is 582 g/mol. The van der Waals surface area contributed by atoms with Crippen LogP contribution in [-0.4, -0.2) is 73.3 Å². The highest BCUT2D eigenvalue weighted by molar-refractivity contribution is 6.07. The second-order valence-electron chi connectivity index (χ2n) is 13.4. The summed E-state index contributed by atoms with van der Waals surface area (Å²) in [7, 11) is 0. The van der Waals surface area contributed by atoms with Crippen LogP contribution in [0.4, 0.5) is 0 Å². The van der Waals surface area contributed by atoms with E-state index in [0.29, 0.717) is 42.8 Å². The molecule has 2 aliphatic heterocycles. The smallest absolute Gasteiger partial charge is 0.245 e. The number of ketones is 1.